The summed E-state index contributed by atoms with van der Waals surface area (Å²) in [5.74, 6) is 0.538. The molecule has 20 heavy (non-hydrogen) atoms. The highest BCUT2D eigenvalue weighted by Gasteiger charge is 2.20. The topological polar surface area (TPSA) is 68.1 Å². The number of nitrogens with one attached hydrogen (secondary N) is 1. The number of aryl methyl sites for hydroxylation is 2. The molecule has 0 aromatic carbocycles. The maximum atomic E-state index is 11.1. The molecule has 0 fully saturated rings. The zero-order chi connectivity index (χ0) is 15.3. The van der Waals surface area contributed by atoms with Crippen molar-refractivity contribution >= 4 is 5.69 Å². The fraction of sp³-hybridized carbons (Fsp3) is 0.667. The first-order valence-corrected chi connectivity index (χ1v) is 7.21. The van der Waals surface area contributed by atoms with Crippen molar-refractivity contribution in [1.29, 1.82) is 0 Å². The Labute approximate surface area is 121 Å². The Hall–Kier alpha value is -1.49. The molecule has 5 heteroatoms. The zero-order valence-electron chi connectivity index (χ0n) is 13.1. The third kappa shape index (κ3) is 4.00. The van der Waals surface area contributed by atoms with Crippen LogP contribution in [0.1, 0.15) is 44.0 Å². The van der Waals surface area contributed by atoms with Crippen LogP contribution in [-0.4, -0.2) is 22.5 Å². The van der Waals surface area contributed by atoms with Gasteiger partial charge in [0.15, 0.2) is 0 Å². The fourth-order valence-corrected chi connectivity index (χ4v) is 2.52. The number of rotatable bonds is 7. The Morgan fingerprint density at radius 3 is 2.55 bits per heavy atom. The van der Waals surface area contributed by atoms with Crippen molar-refractivity contribution in [3.8, 4) is 0 Å². The number of hydrogen-bond donors (Lipinski definition) is 1. The Kier molecular flexibility index (Phi) is 6.07. The molecule has 5 nitrogen and oxygen atoms in total. The highest BCUT2D eigenvalue weighted by atomic mass is 16.6. The molecule has 1 N–H and O–H groups in total. The van der Waals surface area contributed by atoms with Crippen molar-refractivity contribution in [2.24, 2.45) is 5.92 Å². The average molecular weight is 279 g/mol. The molecule has 1 aromatic rings. The van der Waals surface area contributed by atoms with Crippen molar-refractivity contribution in [2.75, 3.05) is 6.54 Å². The quantitative estimate of drug-likeness (QED) is 0.615. The molecule has 0 spiro atoms. The van der Waals surface area contributed by atoms with Gasteiger partial charge in [-0.15, -0.1) is 0 Å². The van der Waals surface area contributed by atoms with E-state index in [4.69, 9.17) is 0 Å². The summed E-state index contributed by atoms with van der Waals surface area (Å²) in [4.78, 5) is 15.2. The van der Waals surface area contributed by atoms with Gasteiger partial charge >= 0.3 is 0 Å². The molecule has 0 saturated heterocycles. The van der Waals surface area contributed by atoms with Crippen LogP contribution in [-0.2, 0) is 6.42 Å². The number of hydrogen-bond acceptors (Lipinski definition) is 4. The summed E-state index contributed by atoms with van der Waals surface area (Å²) in [6.45, 7) is 10.9. The van der Waals surface area contributed by atoms with E-state index < -0.39 is 0 Å². The van der Waals surface area contributed by atoms with Gasteiger partial charge in [-0.2, -0.15) is 0 Å². The van der Waals surface area contributed by atoms with Crippen molar-refractivity contribution in [3.63, 3.8) is 0 Å². The second-order valence-corrected chi connectivity index (χ2v) is 5.57. The third-order valence-corrected chi connectivity index (χ3v) is 3.72. The molecule has 0 aliphatic carbocycles. The van der Waals surface area contributed by atoms with Gasteiger partial charge < -0.3 is 5.32 Å². The lowest BCUT2D eigenvalue weighted by atomic mass is 9.96. The van der Waals surface area contributed by atoms with Crippen LogP contribution >= 0.6 is 0 Å². The van der Waals surface area contributed by atoms with Gasteiger partial charge in [0.2, 0.25) is 0 Å². The highest BCUT2D eigenvalue weighted by molar-refractivity contribution is 5.47. The number of aromatic nitrogens is 1. The summed E-state index contributed by atoms with van der Waals surface area (Å²) in [6, 6.07) is 0.418. The summed E-state index contributed by atoms with van der Waals surface area (Å²) in [7, 11) is 0. The smallest absolute Gasteiger partial charge is 0.278 e. The molecule has 1 atom stereocenters. The first-order chi connectivity index (χ1) is 9.38. The van der Waals surface area contributed by atoms with Crippen molar-refractivity contribution < 1.29 is 4.92 Å². The third-order valence-electron chi connectivity index (χ3n) is 3.72. The van der Waals surface area contributed by atoms with E-state index in [9.17, 15) is 10.1 Å². The largest absolute Gasteiger partial charge is 0.314 e. The molecule has 0 aliphatic rings. The lowest BCUT2D eigenvalue weighted by Gasteiger charge is -2.21. The second-order valence-electron chi connectivity index (χ2n) is 5.57. The van der Waals surface area contributed by atoms with E-state index in [1.165, 1.54) is 0 Å². The van der Waals surface area contributed by atoms with Crippen LogP contribution in [0.4, 0.5) is 5.69 Å². The summed E-state index contributed by atoms with van der Waals surface area (Å²) >= 11 is 0. The number of pyridine rings is 1. The Morgan fingerprint density at radius 1 is 1.40 bits per heavy atom. The first-order valence-electron chi connectivity index (χ1n) is 7.21. The maximum Gasteiger partial charge on any atom is 0.278 e. The lowest BCUT2D eigenvalue weighted by Crippen LogP contribution is -2.34. The van der Waals surface area contributed by atoms with Gasteiger partial charge in [-0.25, -0.2) is 0 Å². The summed E-state index contributed by atoms with van der Waals surface area (Å²) < 4.78 is 0. The van der Waals surface area contributed by atoms with Crippen LogP contribution < -0.4 is 5.32 Å². The van der Waals surface area contributed by atoms with Crippen LogP contribution in [0.2, 0.25) is 0 Å². The molecule has 1 heterocycles. The predicted octanol–water partition coefficient (Wildman–Crippen LogP) is 3.17. The monoisotopic (exact) mass is 279 g/mol. The number of nitrogens with zero attached hydrogens (tertiary/aromatic N) is 2. The molecule has 0 radical (unpaired) electrons. The standard InChI is InChI=1S/C15H25N3O2/c1-6-16-13(10(2)3)7-8-14-12(5)15(18(19)20)11(4)9-17-14/h9-10,13,16H,6-8H2,1-5H3. The van der Waals surface area contributed by atoms with E-state index in [0.29, 0.717) is 23.1 Å². The molecular formula is C15H25N3O2. The summed E-state index contributed by atoms with van der Waals surface area (Å²) in [6.07, 6.45) is 3.32. The highest BCUT2D eigenvalue weighted by Crippen LogP contribution is 2.25. The lowest BCUT2D eigenvalue weighted by molar-refractivity contribution is -0.386. The van der Waals surface area contributed by atoms with Crippen LogP contribution in [0.5, 0.6) is 0 Å². The summed E-state index contributed by atoms with van der Waals surface area (Å²) in [5.41, 5.74) is 2.38. The van der Waals surface area contributed by atoms with E-state index in [2.05, 4.69) is 31.1 Å². The molecule has 0 saturated carbocycles. The van der Waals surface area contributed by atoms with Gasteiger partial charge in [-0.05, 0) is 39.2 Å². The van der Waals surface area contributed by atoms with E-state index in [-0.39, 0.29) is 10.6 Å². The van der Waals surface area contributed by atoms with Crippen molar-refractivity contribution in [2.45, 2.75) is 53.5 Å². The molecule has 112 valence electrons. The predicted molar refractivity (Wildman–Crippen MR) is 81.0 cm³/mol. The van der Waals surface area contributed by atoms with Gasteiger partial charge in [-0.3, -0.25) is 15.1 Å². The van der Waals surface area contributed by atoms with E-state index in [1.54, 1.807) is 20.0 Å². The molecule has 1 rings (SSSR count). The molecular weight excluding hydrogens is 254 g/mol. The minimum absolute atomic E-state index is 0.208. The SMILES string of the molecule is CCNC(CCc1ncc(C)c([N+](=O)[O-])c1C)C(C)C. The van der Waals surface area contributed by atoms with Crippen LogP contribution in [0, 0.1) is 29.9 Å². The minimum Gasteiger partial charge on any atom is -0.314 e. The molecule has 0 aliphatic heterocycles. The maximum absolute atomic E-state index is 11.1. The van der Waals surface area contributed by atoms with Crippen LogP contribution in [0.25, 0.3) is 0 Å². The van der Waals surface area contributed by atoms with Gasteiger partial charge in [-0.1, -0.05) is 20.8 Å². The Bertz CT molecular complexity index is 472. The molecule has 0 bridgehead atoms. The van der Waals surface area contributed by atoms with Crippen LogP contribution in [0.3, 0.4) is 0 Å². The fourth-order valence-electron chi connectivity index (χ4n) is 2.52. The van der Waals surface area contributed by atoms with E-state index >= 15 is 0 Å². The molecule has 1 aromatic heterocycles. The first kappa shape index (κ1) is 16.6. The zero-order valence-corrected chi connectivity index (χ0v) is 13.1. The molecule has 1 unspecified atom stereocenters. The minimum atomic E-state index is -0.305. The Balaban J connectivity index is 2.88. The van der Waals surface area contributed by atoms with Gasteiger partial charge in [0.05, 0.1) is 10.6 Å². The normalized spacial score (nSPS) is 12.7. The van der Waals surface area contributed by atoms with Crippen molar-refractivity contribution in [1.82, 2.24) is 10.3 Å². The van der Waals surface area contributed by atoms with Crippen LogP contribution in [0.15, 0.2) is 6.20 Å². The average Bonchev–Trinajstić information content (AvgIpc) is 2.35. The van der Waals surface area contributed by atoms with Gasteiger partial charge in [0, 0.05) is 23.4 Å². The van der Waals surface area contributed by atoms with E-state index in [1.807, 2.05) is 0 Å². The second kappa shape index (κ2) is 7.33. The summed E-state index contributed by atoms with van der Waals surface area (Å²) in [5, 5.41) is 14.6. The van der Waals surface area contributed by atoms with Gasteiger partial charge in [0.25, 0.3) is 5.69 Å². The molecule has 0 amide bonds. The van der Waals surface area contributed by atoms with Gasteiger partial charge in [0.1, 0.15) is 0 Å². The van der Waals surface area contributed by atoms with Crippen molar-refractivity contribution in [3.05, 3.63) is 33.1 Å². The Morgan fingerprint density at radius 2 is 2.05 bits per heavy atom. The van der Waals surface area contributed by atoms with E-state index in [0.717, 1.165) is 25.1 Å². The number of nitro groups is 1.